The van der Waals surface area contributed by atoms with E-state index >= 15 is 0 Å². The SMILES string of the molecule is CCCC(C)(C)[C@@H](C)[O+]=C(C)C(=O)OCc1ccccc1. The molecule has 0 heterocycles. The van der Waals surface area contributed by atoms with Crippen molar-refractivity contribution in [2.45, 2.75) is 60.2 Å². The highest BCUT2D eigenvalue weighted by Crippen LogP contribution is 2.27. The van der Waals surface area contributed by atoms with E-state index in [1.54, 1.807) is 6.92 Å². The first kappa shape index (κ1) is 17.4. The summed E-state index contributed by atoms with van der Waals surface area (Å²) >= 11 is 0. The van der Waals surface area contributed by atoms with E-state index < -0.39 is 5.97 Å². The summed E-state index contributed by atoms with van der Waals surface area (Å²) in [5, 5.41) is 0. The molecule has 3 heteroatoms. The molecule has 0 aliphatic heterocycles. The zero-order valence-electron chi connectivity index (χ0n) is 13.8. The molecule has 116 valence electrons. The number of benzene rings is 1. The molecule has 1 rings (SSSR count). The zero-order chi connectivity index (χ0) is 15.9. The highest BCUT2D eigenvalue weighted by Gasteiger charge is 2.35. The number of ether oxygens (including phenoxy) is 1. The fourth-order valence-electron chi connectivity index (χ4n) is 2.15. The predicted octanol–water partition coefficient (Wildman–Crippen LogP) is 4.07. The number of hydrogen-bond acceptors (Lipinski definition) is 2. The van der Waals surface area contributed by atoms with Crippen LogP contribution in [-0.4, -0.2) is 17.9 Å². The van der Waals surface area contributed by atoms with Crippen LogP contribution in [0.1, 0.15) is 53.0 Å². The fourth-order valence-corrected chi connectivity index (χ4v) is 2.15. The molecule has 3 nitrogen and oxygen atoms in total. The molecule has 0 unspecified atom stereocenters. The molecule has 0 amide bonds. The summed E-state index contributed by atoms with van der Waals surface area (Å²) in [6, 6.07) is 9.63. The van der Waals surface area contributed by atoms with Crippen LogP contribution >= 0.6 is 0 Å². The molecule has 21 heavy (non-hydrogen) atoms. The van der Waals surface area contributed by atoms with Crippen LogP contribution in [-0.2, 0) is 20.6 Å². The second-order valence-electron chi connectivity index (χ2n) is 6.12. The quantitative estimate of drug-likeness (QED) is 0.431. The zero-order valence-corrected chi connectivity index (χ0v) is 13.8. The highest BCUT2D eigenvalue weighted by molar-refractivity contribution is 6.32. The van der Waals surface area contributed by atoms with Crippen molar-refractivity contribution in [1.29, 1.82) is 0 Å². The fraction of sp³-hybridized carbons (Fsp3) is 0.556. The van der Waals surface area contributed by atoms with E-state index in [-0.39, 0.29) is 18.1 Å². The van der Waals surface area contributed by atoms with Crippen LogP contribution in [0.5, 0.6) is 0 Å². The number of rotatable bonds is 7. The molecule has 1 atom stereocenters. The van der Waals surface area contributed by atoms with Crippen LogP contribution in [0.2, 0.25) is 0 Å². The van der Waals surface area contributed by atoms with Crippen molar-refractivity contribution in [2.75, 3.05) is 0 Å². The predicted molar refractivity (Wildman–Crippen MR) is 85.1 cm³/mol. The molecule has 0 spiro atoms. The average molecular weight is 291 g/mol. The normalized spacial score (nSPS) is 13.9. The molecule has 0 aliphatic rings. The Morgan fingerprint density at radius 2 is 1.90 bits per heavy atom. The van der Waals surface area contributed by atoms with Gasteiger partial charge in [0.25, 0.3) is 6.10 Å². The van der Waals surface area contributed by atoms with Crippen LogP contribution in [0, 0.1) is 5.41 Å². The number of ketones is 1. The number of carbonyl (C=O) groups is 1. The van der Waals surface area contributed by atoms with Crippen molar-refractivity contribution < 1.29 is 14.0 Å². The third-order valence-corrected chi connectivity index (χ3v) is 3.85. The lowest BCUT2D eigenvalue weighted by Crippen LogP contribution is -2.30. The maximum Gasteiger partial charge on any atom is 0.431 e. The van der Waals surface area contributed by atoms with Crippen molar-refractivity contribution in [3.8, 4) is 0 Å². The van der Waals surface area contributed by atoms with E-state index in [0.29, 0.717) is 5.78 Å². The summed E-state index contributed by atoms with van der Waals surface area (Å²) in [7, 11) is 0. The Kier molecular flexibility index (Phi) is 6.60. The Bertz CT molecular complexity index is 474. The summed E-state index contributed by atoms with van der Waals surface area (Å²) in [4.78, 5) is 12.0. The van der Waals surface area contributed by atoms with Gasteiger partial charge < -0.3 is 4.74 Å². The first-order valence-electron chi connectivity index (χ1n) is 7.58. The van der Waals surface area contributed by atoms with Gasteiger partial charge in [0, 0.05) is 6.92 Å². The lowest BCUT2D eigenvalue weighted by atomic mass is 9.83. The van der Waals surface area contributed by atoms with Crippen molar-refractivity contribution >= 4 is 11.8 Å². The van der Waals surface area contributed by atoms with Gasteiger partial charge in [-0.2, -0.15) is 0 Å². The maximum absolute atomic E-state index is 12.0. The second kappa shape index (κ2) is 7.96. The summed E-state index contributed by atoms with van der Waals surface area (Å²) < 4.78 is 11.0. The molecule has 0 aliphatic carbocycles. The lowest BCUT2D eigenvalue weighted by Gasteiger charge is -2.21. The Balaban J connectivity index is 2.59. The van der Waals surface area contributed by atoms with E-state index in [9.17, 15) is 4.79 Å². The first-order chi connectivity index (χ1) is 9.86. The van der Waals surface area contributed by atoms with Crippen LogP contribution in [0.3, 0.4) is 0 Å². The monoisotopic (exact) mass is 291 g/mol. The first-order valence-corrected chi connectivity index (χ1v) is 7.58. The number of hydrogen-bond donors (Lipinski definition) is 0. The van der Waals surface area contributed by atoms with Crippen molar-refractivity contribution in [3.05, 3.63) is 35.9 Å². The average Bonchev–Trinajstić information content (AvgIpc) is 2.45. The van der Waals surface area contributed by atoms with Crippen molar-refractivity contribution in [2.24, 2.45) is 5.41 Å². The second-order valence-corrected chi connectivity index (χ2v) is 6.12. The number of carbonyl (C=O) groups excluding carboxylic acids is 2. The van der Waals surface area contributed by atoms with Crippen LogP contribution in [0.25, 0.3) is 0 Å². The Morgan fingerprint density at radius 3 is 2.48 bits per heavy atom. The standard InChI is InChI=1S/C18H27O3/c1-6-12-18(4,5)15(3)21-14(2)17(19)20-13-16-10-8-7-9-11-16/h7-11,15H,6,12-13H2,1-5H3/q+1/t15-/m1/s1. The third-order valence-electron chi connectivity index (χ3n) is 3.85. The molecule has 0 saturated carbocycles. The van der Waals surface area contributed by atoms with Gasteiger partial charge in [0.1, 0.15) is 6.61 Å². The Labute approximate surface area is 128 Å². The van der Waals surface area contributed by atoms with Gasteiger partial charge in [-0.25, -0.2) is 9.22 Å². The van der Waals surface area contributed by atoms with Crippen molar-refractivity contribution in [3.63, 3.8) is 0 Å². The molecule has 1 aromatic carbocycles. The Morgan fingerprint density at radius 1 is 1.29 bits per heavy atom. The van der Waals surface area contributed by atoms with Crippen LogP contribution < -0.4 is 0 Å². The minimum atomic E-state index is -0.391. The topological polar surface area (TPSA) is 37.6 Å². The van der Waals surface area contributed by atoms with E-state index in [0.717, 1.165) is 18.4 Å². The largest absolute Gasteiger partial charge is 0.451 e. The van der Waals surface area contributed by atoms with E-state index in [2.05, 4.69) is 20.8 Å². The Hall–Kier alpha value is -1.64. The van der Waals surface area contributed by atoms with Gasteiger partial charge >= 0.3 is 11.8 Å². The van der Waals surface area contributed by atoms with Crippen LogP contribution in [0.15, 0.2) is 30.3 Å². The molecular weight excluding hydrogens is 264 g/mol. The van der Waals surface area contributed by atoms with E-state index in [1.165, 1.54) is 0 Å². The van der Waals surface area contributed by atoms with Gasteiger partial charge in [0.05, 0.1) is 12.3 Å². The minimum absolute atomic E-state index is 0.0262. The lowest BCUT2D eigenvalue weighted by molar-refractivity contribution is -0.518. The third kappa shape index (κ3) is 5.70. The smallest absolute Gasteiger partial charge is 0.431 e. The molecule has 1 aromatic rings. The molecule has 0 radical (unpaired) electrons. The molecule has 0 saturated heterocycles. The summed E-state index contributed by atoms with van der Waals surface area (Å²) in [6.45, 7) is 10.4. The molecule has 0 aromatic heterocycles. The van der Waals surface area contributed by atoms with Gasteiger partial charge in [-0.1, -0.05) is 57.5 Å². The highest BCUT2D eigenvalue weighted by atomic mass is 16.5. The maximum atomic E-state index is 12.0. The minimum Gasteiger partial charge on any atom is -0.451 e. The van der Waals surface area contributed by atoms with Gasteiger partial charge in [-0.3, -0.25) is 0 Å². The summed E-state index contributed by atoms with van der Waals surface area (Å²) in [5.74, 6) is -0.0689. The van der Waals surface area contributed by atoms with Crippen LogP contribution in [0.4, 0.5) is 0 Å². The van der Waals surface area contributed by atoms with Gasteiger partial charge in [0.15, 0.2) is 0 Å². The summed E-state index contributed by atoms with van der Waals surface area (Å²) in [6.07, 6.45) is 2.13. The molecular formula is C18H27O3+. The van der Waals surface area contributed by atoms with E-state index in [1.807, 2.05) is 37.3 Å². The van der Waals surface area contributed by atoms with Gasteiger partial charge in [-0.05, 0) is 12.0 Å². The summed E-state index contributed by atoms with van der Waals surface area (Å²) in [5.41, 5.74) is 1.01. The van der Waals surface area contributed by atoms with Crippen molar-refractivity contribution in [1.82, 2.24) is 0 Å². The van der Waals surface area contributed by atoms with Gasteiger partial charge in [0.2, 0.25) is 0 Å². The molecule has 0 fully saturated rings. The molecule has 0 bridgehead atoms. The van der Waals surface area contributed by atoms with E-state index in [4.69, 9.17) is 9.16 Å². The molecule has 0 N–H and O–H groups in total. The number of esters is 1. The van der Waals surface area contributed by atoms with Gasteiger partial charge in [-0.15, -0.1) is 0 Å².